The van der Waals surface area contributed by atoms with E-state index in [9.17, 15) is 4.79 Å². The molecule has 0 saturated heterocycles. The first-order valence-corrected chi connectivity index (χ1v) is 7.33. The molecule has 0 saturated carbocycles. The Morgan fingerprint density at radius 3 is 2.32 bits per heavy atom. The molecule has 0 radical (unpaired) electrons. The Hall–Kier alpha value is -1.61. The summed E-state index contributed by atoms with van der Waals surface area (Å²) in [6.07, 6.45) is 0. The monoisotopic (exact) mass is 317 g/mol. The van der Waals surface area contributed by atoms with Crippen LogP contribution in [0.2, 0.25) is 0 Å². The second kappa shape index (κ2) is 6.53. The van der Waals surface area contributed by atoms with E-state index in [0.717, 1.165) is 16.5 Å². The van der Waals surface area contributed by atoms with Crippen LogP contribution in [0.3, 0.4) is 0 Å². The summed E-state index contributed by atoms with van der Waals surface area (Å²) in [5.74, 6) is -0.0440. The van der Waals surface area contributed by atoms with Crippen molar-refractivity contribution in [3.8, 4) is 0 Å². The largest absolute Gasteiger partial charge is 0.346 e. The lowest BCUT2D eigenvalue weighted by Gasteiger charge is -2.14. The van der Waals surface area contributed by atoms with Crippen molar-refractivity contribution in [1.29, 1.82) is 0 Å². The van der Waals surface area contributed by atoms with Gasteiger partial charge in [0.1, 0.15) is 0 Å². The topological polar surface area (TPSA) is 29.1 Å². The van der Waals surface area contributed by atoms with Crippen molar-refractivity contribution in [1.82, 2.24) is 5.32 Å². The van der Waals surface area contributed by atoms with Crippen LogP contribution in [0.5, 0.6) is 0 Å². The van der Waals surface area contributed by atoms with Crippen LogP contribution in [0, 0.1) is 0 Å². The molecule has 2 aromatic rings. The summed E-state index contributed by atoms with van der Waals surface area (Å²) >= 11 is 3.39. The standard InChI is InChI=1S/C16H16BrNO/c1-12(14-5-3-2-4-6-14)18-16(19)15-9-7-13(11-17)8-10-15/h2-10,12H,11H2,1H3,(H,18,19)/t12-/m0/s1. The van der Waals surface area contributed by atoms with Gasteiger partial charge in [0.05, 0.1) is 6.04 Å². The SMILES string of the molecule is C[C@H](NC(=O)c1ccc(CBr)cc1)c1ccccc1. The number of amides is 1. The molecule has 0 aromatic heterocycles. The number of hydrogen-bond acceptors (Lipinski definition) is 1. The minimum Gasteiger partial charge on any atom is -0.346 e. The fourth-order valence-electron chi connectivity index (χ4n) is 1.85. The van der Waals surface area contributed by atoms with Crippen molar-refractivity contribution in [2.24, 2.45) is 0 Å². The highest BCUT2D eigenvalue weighted by Gasteiger charge is 2.10. The minimum atomic E-state index is -0.0440. The van der Waals surface area contributed by atoms with Crippen molar-refractivity contribution >= 4 is 21.8 Å². The van der Waals surface area contributed by atoms with Gasteiger partial charge in [-0.05, 0) is 30.2 Å². The molecular formula is C16H16BrNO. The number of hydrogen-bond donors (Lipinski definition) is 1. The van der Waals surface area contributed by atoms with Gasteiger partial charge in [-0.1, -0.05) is 58.4 Å². The molecule has 0 aliphatic rings. The highest BCUT2D eigenvalue weighted by molar-refractivity contribution is 9.08. The van der Waals surface area contributed by atoms with Gasteiger partial charge in [-0.2, -0.15) is 0 Å². The molecule has 0 heterocycles. The van der Waals surface area contributed by atoms with Crippen molar-refractivity contribution in [2.75, 3.05) is 0 Å². The molecule has 2 rings (SSSR count). The molecule has 19 heavy (non-hydrogen) atoms. The summed E-state index contributed by atoms with van der Waals surface area (Å²) in [6.45, 7) is 1.99. The van der Waals surface area contributed by atoms with Gasteiger partial charge in [0, 0.05) is 10.9 Å². The fourth-order valence-corrected chi connectivity index (χ4v) is 2.22. The van der Waals surface area contributed by atoms with Crippen LogP contribution < -0.4 is 5.32 Å². The smallest absolute Gasteiger partial charge is 0.251 e. The lowest BCUT2D eigenvalue weighted by atomic mass is 10.1. The van der Waals surface area contributed by atoms with Crippen LogP contribution >= 0.6 is 15.9 Å². The van der Waals surface area contributed by atoms with E-state index in [1.54, 1.807) is 0 Å². The number of rotatable bonds is 4. The van der Waals surface area contributed by atoms with E-state index in [1.807, 2.05) is 61.5 Å². The summed E-state index contributed by atoms with van der Waals surface area (Å²) in [6, 6.07) is 17.6. The molecule has 98 valence electrons. The average molecular weight is 318 g/mol. The molecule has 1 amide bonds. The first-order valence-electron chi connectivity index (χ1n) is 6.21. The molecule has 0 fully saturated rings. The van der Waals surface area contributed by atoms with Gasteiger partial charge in [0.2, 0.25) is 0 Å². The molecule has 1 N–H and O–H groups in total. The Kier molecular flexibility index (Phi) is 4.74. The fraction of sp³-hybridized carbons (Fsp3) is 0.188. The van der Waals surface area contributed by atoms with Crippen molar-refractivity contribution in [2.45, 2.75) is 18.3 Å². The molecule has 0 aliphatic heterocycles. The predicted octanol–water partition coefficient (Wildman–Crippen LogP) is 4.07. The Labute approximate surface area is 122 Å². The Bertz CT molecular complexity index is 536. The van der Waals surface area contributed by atoms with Crippen molar-refractivity contribution in [3.63, 3.8) is 0 Å². The molecular weight excluding hydrogens is 302 g/mol. The summed E-state index contributed by atoms with van der Waals surface area (Å²) in [5.41, 5.74) is 2.95. The Balaban J connectivity index is 2.04. The predicted molar refractivity (Wildman–Crippen MR) is 81.4 cm³/mol. The van der Waals surface area contributed by atoms with Gasteiger partial charge in [0.15, 0.2) is 0 Å². The summed E-state index contributed by atoms with van der Waals surface area (Å²) < 4.78 is 0. The van der Waals surface area contributed by atoms with E-state index >= 15 is 0 Å². The third kappa shape index (κ3) is 3.67. The van der Waals surface area contributed by atoms with E-state index in [-0.39, 0.29) is 11.9 Å². The summed E-state index contributed by atoms with van der Waals surface area (Å²) in [7, 11) is 0. The van der Waals surface area contributed by atoms with Crippen LogP contribution in [0.4, 0.5) is 0 Å². The van der Waals surface area contributed by atoms with Crippen molar-refractivity contribution in [3.05, 3.63) is 71.3 Å². The summed E-state index contributed by atoms with van der Waals surface area (Å²) in [5, 5.41) is 3.80. The van der Waals surface area contributed by atoms with E-state index in [1.165, 1.54) is 0 Å². The van der Waals surface area contributed by atoms with Gasteiger partial charge in [-0.15, -0.1) is 0 Å². The van der Waals surface area contributed by atoms with E-state index in [4.69, 9.17) is 0 Å². The van der Waals surface area contributed by atoms with E-state index < -0.39 is 0 Å². The lowest BCUT2D eigenvalue weighted by molar-refractivity contribution is 0.0940. The van der Waals surface area contributed by atoms with Crippen LogP contribution in [0.15, 0.2) is 54.6 Å². The van der Waals surface area contributed by atoms with Crippen LogP contribution in [-0.4, -0.2) is 5.91 Å². The zero-order valence-corrected chi connectivity index (χ0v) is 12.4. The van der Waals surface area contributed by atoms with E-state index in [2.05, 4.69) is 21.2 Å². The number of alkyl halides is 1. The van der Waals surface area contributed by atoms with Gasteiger partial charge in [-0.25, -0.2) is 0 Å². The molecule has 2 aromatic carbocycles. The highest BCUT2D eigenvalue weighted by Crippen LogP contribution is 2.13. The highest BCUT2D eigenvalue weighted by atomic mass is 79.9. The van der Waals surface area contributed by atoms with Gasteiger partial charge in [0.25, 0.3) is 5.91 Å². The zero-order chi connectivity index (χ0) is 13.7. The minimum absolute atomic E-state index is 0.00421. The van der Waals surface area contributed by atoms with Crippen LogP contribution in [0.25, 0.3) is 0 Å². The van der Waals surface area contributed by atoms with Crippen LogP contribution in [0.1, 0.15) is 34.5 Å². The molecule has 0 aliphatic carbocycles. The maximum atomic E-state index is 12.1. The molecule has 2 nitrogen and oxygen atoms in total. The molecule has 0 unspecified atom stereocenters. The quantitative estimate of drug-likeness (QED) is 0.846. The third-order valence-corrected chi connectivity index (χ3v) is 3.67. The van der Waals surface area contributed by atoms with E-state index in [0.29, 0.717) is 5.56 Å². The Morgan fingerprint density at radius 1 is 1.11 bits per heavy atom. The van der Waals surface area contributed by atoms with Gasteiger partial charge in [-0.3, -0.25) is 4.79 Å². The molecule has 0 bridgehead atoms. The second-order valence-electron chi connectivity index (χ2n) is 4.44. The van der Waals surface area contributed by atoms with Gasteiger partial charge < -0.3 is 5.32 Å². The third-order valence-electron chi connectivity index (χ3n) is 3.02. The summed E-state index contributed by atoms with van der Waals surface area (Å²) in [4.78, 5) is 12.1. The number of benzene rings is 2. The number of nitrogens with one attached hydrogen (secondary N) is 1. The molecule has 3 heteroatoms. The maximum absolute atomic E-state index is 12.1. The first-order chi connectivity index (χ1) is 9.20. The average Bonchev–Trinajstić information content (AvgIpc) is 2.48. The lowest BCUT2D eigenvalue weighted by Crippen LogP contribution is -2.26. The zero-order valence-electron chi connectivity index (χ0n) is 10.8. The second-order valence-corrected chi connectivity index (χ2v) is 5.00. The number of halogens is 1. The van der Waals surface area contributed by atoms with Gasteiger partial charge >= 0.3 is 0 Å². The number of carbonyl (C=O) groups excluding carboxylic acids is 1. The first kappa shape index (κ1) is 13.8. The van der Waals surface area contributed by atoms with Crippen molar-refractivity contribution < 1.29 is 4.79 Å². The Morgan fingerprint density at radius 2 is 1.74 bits per heavy atom. The maximum Gasteiger partial charge on any atom is 0.251 e. The van der Waals surface area contributed by atoms with Crippen LogP contribution in [-0.2, 0) is 5.33 Å². The normalized spacial score (nSPS) is 11.9. The molecule has 0 spiro atoms. The molecule has 1 atom stereocenters. The number of carbonyl (C=O) groups is 1.